The molecule has 0 bridgehead atoms. The Hall–Kier alpha value is -1.09. The molecular weight excluding hydrogens is 179 g/mol. The van der Waals surface area contributed by atoms with Gasteiger partial charge in [-0.15, -0.1) is 0 Å². The van der Waals surface area contributed by atoms with Crippen LogP contribution < -0.4 is 10.6 Å². The number of para-hydroxylation sites is 1. The van der Waals surface area contributed by atoms with Gasteiger partial charge in [0.1, 0.15) is 5.82 Å². The number of halogens is 1. The third kappa shape index (κ3) is 3.00. The van der Waals surface area contributed by atoms with Gasteiger partial charge in [-0.25, -0.2) is 4.39 Å². The summed E-state index contributed by atoms with van der Waals surface area (Å²) in [6.45, 7) is 2.73. The molecule has 14 heavy (non-hydrogen) atoms. The fourth-order valence-corrected chi connectivity index (χ4v) is 1.28. The molecule has 0 fully saturated rings. The molecule has 0 amide bonds. The van der Waals surface area contributed by atoms with Crippen LogP contribution in [0.5, 0.6) is 0 Å². The normalized spacial score (nSPS) is 12.6. The Morgan fingerprint density at radius 2 is 2.07 bits per heavy atom. The van der Waals surface area contributed by atoms with Gasteiger partial charge in [-0.05, 0) is 25.5 Å². The van der Waals surface area contributed by atoms with E-state index in [-0.39, 0.29) is 11.9 Å². The van der Waals surface area contributed by atoms with E-state index in [9.17, 15) is 4.39 Å². The molecule has 1 unspecified atom stereocenters. The number of hydrogen-bond acceptors (Lipinski definition) is 2. The Balaban J connectivity index is 2.60. The van der Waals surface area contributed by atoms with E-state index in [1.54, 1.807) is 12.1 Å². The summed E-state index contributed by atoms with van der Waals surface area (Å²) in [4.78, 5) is 1.89. The SMILES string of the molecule is CC(N)CCN(C)c1ccccc1F. The van der Waals surface area contributed by atoms with Crippen LogP contribution >= 0.6 is 0 Å². The minimum absolute atomic E-state index is 0.157. The zero-order valence-electron chi connectivity index (χ0n) is 8.70. The molecule has 0 radical (unpaired) electrons. The van der Waals surface area contributed by atoms with Crippen LogP contribution in [0.2, 0.25) is 0 Å². The average molecular weight is 196 g/mol. The van der Waals surface area contributed by atoms with Crippen LogP contribution in [0.1, 0.15) is 13.3 Å². The maximum atomic E-state index is 13.3. The zero-order chi connectivity index (χ0) is 10.6. The van der Waals surface area contributed by atoms with Gasteiger partial charge in [0.25, 0.3) is 0 Å². The van der Waals surface area contributed by atoms with Gasteiger partial charge in [0.15, 0.2) is 0 Å². The largest absolute Gasteiger partial charge is 0.372 e. The Morgan fingerprint density at radius 3 is 2.64 bits per heavy atom. The van der Waals surface area contributed by atoms with E-state index in [4.69, 9.17) is 5.73 Å². The molecule has 0 aliphatic rings. The number of rotatable bonds is 4. The molecule has 0 heterocycles. The predicted molar refractivity (Wildman–Crippen MR) is 57.9 cm³/mol. The van der Waals surface area contributed by atoms with Crippen molar-refractivity contribution in [1.29, 1.82) is 0 Å². The van der Waals surface area contributed by atoms with Crippen LogP contribution in [0, 0.1) is 5.82 Å². The quantitative estimate of drug-likeness (QED) is 0.798. The number of nitrogens with two attached hydrogens (primary N) is 1. The summed E-state index contributed by atoms with van der Waals surface area (Å²) in [5.74, 6) is -0.181. The van der Waals surface area contributed by atoms with Gasteiger partial charge >= 0.3 is 0 Å². The number of anilines is 1. The number of hydrogen-bond donors (Lipinski definition) is 1. The third-order valence-corrected chi connectivity index (χ3v) is 2.18. The molecule has 1 rings (SSSR count). The van der Waals surface area contributed by atoms with Gasteiger partial charge in [-0.2, -0.15) is 0 Å². The molecule has 0 saturated heterocycles. The highest BCUT2D eigenvalue weighted by Gasteiger charge is 2.06. The van der Waals surface area contributed by atoms with Crippen molar-refractivity contribution in [3.05, 3.63) is 30.1 Å². The van der Waals surface area contributed by atoms with E-state index in [1.165, 1.54) is 6.07 Å². The molecule has 3 heteroatoms. The highest BCUT2D eigenvalue weighted by Crippen LogP contribution is 2.16. The minimum atomic E-state index is -0.181. The highest BCUT2D eigenvalue weighted by molar-refractivity contribution is 5.46. The second kappa shape index (κ2) is 4.96. The third-order valence-electron chi connectivity index (χ3n) is 2.18. The van der Waals surface area contributed by atoms with Crippen LogP contribution in [-0.2, 0) is 0 Å². The summed E-state index contributed by atoms with van der Waals surface area (Å²) >= 11 is 0. The van der Waals surface area contributed by atoms with Crippen LogP contribution in [0.4, 0.5) is 10.1 Å². The minimum Gasteiger partial charge on any atom is -0.372 e. The first-order valence-corrected chi connectivity index (χ1v) is 4.82. The molecule has 1 atom stereocenters. The Labute approximate surface area is 84.5 Å². The molecule has 1 aromatic carbocycles. The van der Waals surface area contributed by atoms with Gasteiger partial charge < -0.3 is 10.6 Å². The van der Waals surface area contributed by atoms with Gasteiger partial charge in [0.05, 0.1) is 5.69 Å². The molecule has 78 valence electrons. The van der Waals surface area contributed by atoms with E-state index in [0.717, 1.165) is 13.0 Å². The molecule has 1 aromatic rings. The molecule has 0 saturated carbocycles. The van der Waals surface area contributed by atoms with Crippen LogP contribution in [0.25, 0.3) is 0 Å². The fraction of sp³-hybridized carbons (Fsp3) is 0.455. The molecule has 0 spiro atoms. The molecule has 0 aliphatic heterocycles. The van der Waals surface area contributed by atoms with E-state index in [0.29, 0.717) is 5.69 Å². The Kier molecular flexibility index (Phi) is 3.89. The lowest BCUT2D eigenvalue weighted by Gasteiger charge is -2.20. The number of benzene rings is 1. The first-order chi connectivity index (χ1) is 6.61. The van der Waals surface area contributed by atoms with Crippen molar-refractivity contribution < 1.29 is 4.39 Å². The van der Waals surface area contributed by atoms with Gasteiger partial charge in [-0.3, -0.25) is 0 Å². The lowest BCUT2D eigenvalue weighted by molar-refractivity contribution is 0.611. The van der Waals surface area contributed by atoms with Crippen molar-refractivity contribution >= 4 is 5.69 Å². The van der Waals surface area contributed by atoms with Crippen molar-refractivity contribution in [2.24, 2.45) is 5.73 Å². The summed E-state index contributed by atoms with van der Waals surface area (Å²) < 4.78 is 13.3. The Morgan fingerprint density at radius 1 is 1.43 bits per heavy atom. The predicted octanol–water partition coefficient (Wildman–Crippen LogP) is 2.00. The maximum Gasteiger partial charge on any atom is 0.146 e. The van der Waals surface area contributed by atoms with Crippen LogP contribution in [-0.4, -0.2) is 19.6 Å². The van der Waals surface area contributed by atoms with Crippen molar-refractivity contribution in [1.82, 2.24) is 0 Å². The summed E-state index contributed by atoms with van der Waals surface area (Å²) in [6.07, 6.45) is 0.866. The summed E-state index contributed by atoms with van der Waals surface area (Å²) in [5, 5.41) is 0. The average Bonchev–Trinajstić information content (AvgIpc) is 2.15. The van der Waals surface area contributed by atoms with E-state index in [1.807, 2.05) is 24.9 Å². The lowest BCUT2D eigenvalue weighted by atomic mass is 10.2. The maximum absolute atomic E-state index is 13.3. The van der Waals surface area contributed by atoms with Crippen molar-refractivity contribution in [2.75, 3.05) is 18.5 Å². The zero-order valence-corrected chi connectivity index (χ0v) is 8.70. The lowest BCUT2D eigenvalue weighted by Crippen LogP contribution is -2.26. The first kappa shape index (κ1) is 11.0. The monoisotopic (exact) mass is 196 g/mol. The summed E-state index contributed by atoms with van der Waals surface area (Å²) in [6, 6.07) is 6.93. The summed E-state index contributed by atoms with van der Waals surface area (Å²) in [5.41, 5.74) is 6.27. The van der Waals surface area contributed by atoms with E-state index >= 15 is 0 Å². The molecule has 0 aromatic heterocycles. The fourth-order valence-electron chi connectivity index (χ4n) is 1.28. The standard InChI is InChI=1S/C11H17FN2/c1-9(13)7-8-14(2)11-6-4-3-5-10(11)12/h3-6,9H,7-8,13H2,1-2H3. The smallest absolute Gasteiger partial charge is 0.146 e. The molecule has 2 N–H and O–H groups in total. The van der Waals surface area contributed by atoms with Crippen LogP contribution in [0.3, 0.4) is 0 Å². The Bertz CT molecular complexity index is 286. The first-order valence-electron chi connectivity index (χ1n) is 4.82. The second-order valence-electron chi connectivity index (χ2n) is 3.64. The molecule has 0 aliphatic carbocycles. The van der Waals surface area contributed by atoms with Gasteiger partial charge in [0.2, 0.25) is 0 Å². The second-order valence-corrected chi connectivity index (χ2v) is 3.64. The van der Waals surface area contributed by atoms with E-state index < -0.39 is 0 Å². The van der Waals surface area contributed by atoms with Crippen LogP contribution in [0.15, 0.2) is 24.3 Å². The molecular formula is C11H17FN2. The van der Waals surface area contributed by atoms with Gasteiger partial charge in [-0.1, -0.05) is 12.1 Å². The topological polar surface area (TPSA) is 29.3 Å². The summed E-state index contributed by atoms with van der Waals surface area (Å²) in [7, 11) is 1.88. The molecule has 2 nitrogen and oxygen atoms in total. The highest BCUT2D eigenvalue weighted by atomic mass is 19.1. The van der Waals surface area contributed by atoms with Crippen molar-refractivity contribution in [3.63, 3.8) is 0 Å². The number of nitrogens with zero attached hydrogens (tertiary/aromatic N) is 1. The van der Waals surface area contributed by atoms with Crippen molar-refractivity contribution in [3.8, 4) is 0 Å². The van der Waals surface area contributed by atoms with E-state index in [2.05, 4.69) is 0 Å². The van der Waals surface area contributed by atoms with Gasteiger partial charge in [0, 0.05) is 19.6 Å². The van der Waals surface area contributed by atoms with Crippen molar-refractivity contribution in [2.45, 2.75) is 19.4 Å².